The molecular formula is C14H21N3O. The number of benzene rings is 1. The van der Waals surface area contributed by atoms with Gasteiger partial charge in [-0.2, -0.15) is 0 Å². The number of amides is 1. The summed E-state index contributed by atoms with van der Waals surface area (Å²) >= 11 is 0. The summed E-state index contributed by atoms with van der Waals surface area (Å²) in [5, 5.41) is 6.48. The molecule has 1 aromatic carbocycles. The van der Waals surface area contributed by atoms with Gasteiger partial charge in [0.2, 0.25) is 5.91 Å². The fourth-order valence-corrected chi connectivity index (χ4v) is 2.36. The summed E-state index contributed by atoms with van der Waals surface area (Å²) in [4.78, 5) is 14.1. The van der Waals surface area contributed by atoms with Crippen molar-refractivity contribution in [3.8, 4) is 0 Å². The van der Waals surface area contributed by atoms with Crippen molar-refractivity contribution in [1.29, 1.82) is 0 Å². The predicted molar refractivity (Wildman–Crippen MR) is 74.0 cm³/mol. The molecule has 0 aromatic heterocycles. The molecule has 1 amide bonds. The number of hydrogen-bond acceptors (Lipinski definition) is 3. The molecule has 18 heavy (non-hydrogen) atoms. The summed E-state index contributed by atoms with van der Waals surface area (Å²) in [6.07, 6.45) is 0. The van der Waals surface area contributed by atoms with Gasteiger partial charge in [0.25, 0.3) is 0 Å². The van der Waals surface area contributed by atoms with Crippen molar-refractivity contribution >= 4 is 11.6 Å². The molecule has 98 valence electrons. The molecule has 0 saturated carbocycles. The highest BCUT2D eigenvalue weighted by molar-refractivity contribution is 5.97. The number of likely N-dealkylation sites (N-methyl/N-ethyl adjacent to an activating group) is 1. The van der Waals surface area contributed by atoms with E-state index in [1.165, 1.54) is 5.56 Å². The Morgan fingerprint density at radius 1 is 1.33 bits per heavy atom. The first-order valence-electron chi connectivity index (χ1n) is 6.38. The number of carbonyl (C=O) groups excluding carboxylic acids is 1. The van der Waals surface area contributed by atoms with Crippen molar-refractivity contribution in [1.82, 2.24) is 10.6 Å². The summed E-state index contributed by atoms with van der Waals surface area (Å²) in [6.45, 7) is 6.58. The third-order valence-electron chi connectivity index (χ3n) is 3.38. The van der Waals surface area contributed by atoms with Crippen molar-refractivity contribution in [3.63, 3.8) is 0 Å². The topological polar surface area (TPSA) is 44.4 Å². The van der Waals surface area contributed by atoms with Crippen LogP contribution in [0.3, 0.4) is 0 Å². The summed E-state index contributed by atoms with van der Waals surface area (Å²) in [5.74, 6) is 0.120. The van der Waals surface area contributed by atoms with Gasteiger partial charge in [0, 0.05) is 32.4 Å². The second kappa shape index (κ2) is 5.50. The number of piperazine rings is 1. The van der Waals surface area contributed by atoms with Crippen molar-refractivity contribution in [2.45, 2.75) is 19.9 Å². The first kappa shape index (κ1) is 13.1. The van der Waals surface area contributed by atoms with E-state index in [0.717, 1.165) is 24.3 Å². The zero-order valence-electron chi connectivity index (χ0n) is 11.3. The van der Waals surface area contributed by atoms with Gasteiger partial charge in [-0.05, 0) is 25.5 Å². The molecule has 0 spiro atoms. The van der Waals surface area contributed by atoms with Crippen LogP contribution in [0.2, 0.25) is 0 Å². The van der Waals surface area contributed by atoms with Gasteiger partial charge in [0.05, 0.1) is 6.04 Å². The van der Waals surface area contributed by atoms with Gasteiger partial charge in [0.15, 0.2) is 0 Å². The molecule has 1 aliphatic heterocycles. The molecule has 1 unspecified atom stereocenters. The van der Waals surface area contributed by atoms with Gasteiger partial charge >= 0.3 is 0 Å². The SMILES string of the molecule is Cc1ccc(N(C)C(=O)C2CNCCN2)c(C)c1. The van der Waals surface area contributed by atoms with Gasteiger partial charge in [-0.15, -0.1) is 0 Å². The van der Waals surface area contributed by atoms with Crippen LogP contribution < -0.4 is 15.5 Å². The molecule has 2 rings (SSSR count). The van der Waals surface area contributed by atoms with E-state index in [1.54, 1.807) is 4.90 Å². The van der Waals surface area contributed by atoms with E-state index < -0.39 is 0 Å². The van der Waals surface area contributed by atoms with Crippen LogP contribution in [0.15, 0.2) is 18.2 Å². The number of rotatable bonds is 2. The average Bonchev–Trinajstić information content (AvgIpc) is 2.38. The molecule has 0 radical (unpaired) electrons. The lowest BCUT2D eigenvalue weighted by atomic mass is 10.1. The highest BCUT2D eigenvalue weighted by Crippen LogP contribution is 2.20. The molecule has 4 heteroatoms. The minimum Gasteiger partial charge on any atom is -0.314 e. The Balaban J connectivity index is 2.14. The second-order valence-corrected chi connectivity index (χ2v) is 4.90. The van der Waals surface area contributed by atoms with Gasteiger partial charge in [0.1, 0.15) is 0 Å². The lowest BCUT2D eigenvalue weighted by Crippen LogP contribution is -2.56. The predicted octanol–water partition coefficient (Wildman–Crippen LogP) is 0.828. The molecular weight excluding hydrogens is 226 g/mol. The molecule has 1 atom stereocenters. The number of aryl methyl sites for hydroxylation is 2. The molecule has 1 aromatic rings. The Kier molecular flexibility index (Phi) is 3.99. The van der Waals surface area contributed by atoms with Crippen molar-refractivity contribution in [3.05, 3.63) is 29.3 Å². The number of hydrogen-bond donors (Lipinski definition) is 2. The van der Waals surface area contributed by atoms with Gasteiger partial charge < -0.3 is 15.5 Å². The Morgan fingerprint density at radius 2 is 2.11 bits per heavy atom. The number of nitrogens with one attached hydrogen (secondary N) is 2. The van der Waals surface area contributed by atoms with Crippen molar-refractivity contribution in [2.75, 3.05) is 31.6 Å². The maximum absolute atomic E-state index is 12.4. The molecule has 1 heterocycles. The van der Waals surface area contributed by atoms with Crippen LogP contribution in [0, 0.1) is 13.8 Å². The van der Waals surface area contributed by atoms with Crippen LogP contribution >= 0.6 is 0 Å². The monoisotopic (exact) mass is 247 g/mol. The third-order valence-corrected chi connectivity index (χ3v) is 3.38. The number of carbonyl (C=O) groups is 1. The average molecular weight is 247 g/mol. The van der Waals surface area contributed by atoms with E-state index in [-0.39, 0.29) is 11.9 Å². The van der Waals surface area contributed by atoms with Crippen LogP contribution in [0.4, 0.5) is 5.69 Å². The van der Waals surface area contributed by atoms with Crippen LogP contribution in [-0.2, 0) is 4.79 Å². The van der Waals surface area contributed by atoms with Gasteiger partial charge in [-0.25, -0.2) is 0 Å². The van der Waals surface area contributed by atoms with E-state index in [1.807, 2.05) is 26.1 Å². The van der Waals surface area contributed by atoms with E-state index in [4.69, 9.17) is 0 Å². The maximum Gasteiger partial charge on any atom is 0.245 e. The first-order chi connectivity index (χ1) is 8.59. The lowest BCUT2D eigenvalue weighted by Gasteiger charge is -2.29. The molecule has 4 nitrogen and oxygen atoms in total. The Morgan fingerprint density at radius 3 is 2.72 bits per heavy atom. The summed E-state index contributed by atoms with van der Waals surface area (Å²) < 4.78 is 0. The van der Waals surface area contributed by atoms with Crippen LogP contribution in [0.25, 0.3) is 0 Å². The quantitative estimate of drug-likeness (QED) is 0.813. The summed E-state index contributed by atoms with van der Waals surface area (Å²) in [6, 6.07) is 6.04. The van der Waals surface area contributed by atoms with Crippen molar-refractivity contribution < 1.29 is 4.79 Å². The second-order valence-electron chi connectivity index (χ2n) is 4.90. The molecule has 0 aliphatic carbocycles. The molecule has 1 saturated heterocycles. The Hall–Kier alpha value is -1.39. The van der Waals surface area contributed by atoms with E-state index in [0.29, 0.717) is 6.54 Å². The normalized spacial score (nSPS) is 19.6. The number of nitrogens with zero attached hydrogens (tertiary/aromatic N) is 1. The summed E-state index contributed by atoms with van der Waals surface area (Å²) in [7, 11) is 1.84. The largest absolute Gasteiger partial charge is 0.314 e. The van der Waals surface area contributed by atoms with E-state index in [9.17, 15) is 4.79 Å². The standard InChI is InChI=1S/C14H21N3O/c1-10-4-5-13(11(2)8-10)17(3)14(18)12-9-15-6-7-16-12/h4-5,8,12,15-16H,6-7,9H2,1-3H3. The minimum absolute atomic E-state index is 0.120. The highest BCUT2D eigenvalue weighted by Gasteiger charge is 2.24. The Bertz CT molecular complexity index is 439. The van der Waals surface area contributed by atoms with Crippen LogP contribution in [0.5, 0.6) is 0 Å². The smallest absolute Gasteiger partial charge is 0.245 e. The summed E-state index contributed by atoms with van der Waals surface area (Å²) in [5.41, 5.74) is 3.34. The fraction of sp³-hybridized carbons (Fsp3) is 0.500. The van der Waals surface area contributed by atoms with Crippen molar-refractivity contribution in [2.24, 2.45) is 0 Å². The highest BCUT2D eigenvalue weighted by atomic mass is 16.2. The van der Waals surface area contributed by atoms with Crippen LogP contribution in [-0.4, -0.2) is 38.6 Å². The molecule has 1 aliphatic rings. The number of anilines is 1. The zero-order chi connectivity index (χ0) is 13.1. The minimum atomic E-state index is -0.121. The molecule has 0 bridgehead atoms. The zero-order valence-corrected chi connectivity index (χ0v) is 11.3. The van der Waals surface area contributed by atoms with Gasteiger partial charge in [-0.3, -0.25) is 4.79 Å². The van der Waals surface area contributed by atoms with Gasteiger partial charge in [-0.1, -0.05) is 17.7 Å². The molecule has 1 fully saturated rings. The third kappa shape index (κ3) is 2.71. The van der Waals surface area contributed by atoms with Crippen LogP contribution in [0.1, 0.15) is 11.1 Å². The Labute approximate surface area is 108 Å². The van der Waals surface area contributed by atoms with E-state index >= 15 is 0 Å². The first-order valence-corrected chi connectivity index (χ1v) is 6.38. The molecule has 2 N–H and O–H groups in total. The fourth-order valence-electron chi connectivity index (χ4n) is 2.36. The lowest BCUT2D eigenvalue weighted by molar-refractivity contribution is -0.120. The maximum atomic E-state index is 12.4. The van der Waals surface area contributed by atoms with E-state index in [2.05, 4.69) is 23.6 Å².